The van der Waals surface area contributed by atoms with E-state index in [-0.39, 0.29) is 22.2 Å². The molecule has 2 amide bonds. The van der Waals surface area contributed by atoms with Crippen molar-refractivity contribution in [2.45, 2.75) is 5.37 Å². The number of carbonyl (C=O) groups is 2. The van der Waals surface area contributed by atoms with Gasteiger partial charge in [-0.2, -0.15) is 0 Å². The zero-order valence-corrected chi connectivity index (χ0v) is 18.8. The summed E-state index contributed by atoms with van der Waals surface area (Å²) in [4.78, 5) is 26.8. The van der Waals surface area contributed by atoms with Gasteiger partial charge in [-0.25, -0.2) is 0 Å². The Hall–Kier alpha value is -2.67. The lowest BCUT2D eigenvalue weighted by Crippen LogP contribution is -2.27. The number of ether oxygens (including phenoxy) is 1. The number of nitrogens with one attached hydrogen (secondary N) is 1. The van der Waals surface area contributed by atoms with Crippen molar-refractivity contribution < 1.29 is 14.3 Å². The third-order valence-electron chi connectivity index (χ3n) is 4.85. The van der Waals surface area contributed by atoms with Crippen LogP contribution in [0, 0.1) is 0 Å². The molecule has 1 unspecified atom stereocenters. The molecule has 3 aromatic rings. The van der Waals surface area contributed by atoms with E-state index in [2.05, 4.69) is 5.32 Å². The fourth-order valence-electron chi connectivity index (χ4n) is 3.30. The van der Waals surface area contributed by atoms with Crippen LogP contribution < -0.4 is 15.0 Å². The van der Waals surface area contributed by atoms with Crippen LogP contribution in [-0.4, -0.2) is 24.7 Å². The van der Waals surface area contributed by atoms with E-state index in [1.807, 2.05) is 48.5 Å². The molecule has 0 radical (unpaired) electrons. The molecule has 8 heteroatoms. The van der Waals surface area contributed by atoms with E-state index in [9.17, 15) is 9.59 Å². The molecule has 0 aliphatic carbocycles. The third kappa shape index (κ3) is 4.66. The number of anilines is 2. The van der Waals surface area contributed by atoms with Crippen LogP contribution in [0.4, 0.5) is 11.4 Å². The van der Waals surface area contributed by atoms with Gasteiger partial charge in [-0.05, 0) is 60.2 Å². The third-order valence-corrected chi connectivity index (χ3v) is 6.61. The molecule has 1 N–H and O–H groups in total. The minimum Gasteiger partial charge on any atom is -0.497 e. The van der Waals surface area contributed by atoms with Crippen LogP contribution in [0.3, 0.4) is 0 Å². The van der Waals surface area contributed by atoms with Crippen molar-refractivity contribution in [2.24, 2.45) is 0 Å². The highest BCUT2D eigenvalue weighted by Gasteiger charge is 2.34. The van der Waals surface area contributed by atoms with E-state index in [1.165, 1.54) is 6.07 Å². The molecule has 1 atom stereocenters. The summed E-state index contributed by atoms with van der Waals surface area (Å²) in [7, 11) is 1.61. The van der Waals surface area contributed by atoms with Crippen LogP contribution in [0.1, 0.15) is 21.3 Å². The predicted molar refractivity (Wildman–Crippen MR) is 127 cm³/mol. The Morgan fingerprint density at radius 3 is 2.42 bits per heavy atom. The summed E-state index contributed by atoms with van der Waals surface area (Å²) >= 11 is 13.6. The molecule has 5 nitrogen and oxygen atoms in total. The zero-order valence-electron chi connectivity index (χ0n) is 16.5. The van der Waals surface area contributed by atoms with Crippen molar-refractivity contribution in [1.82, 2.24) is 0 Å². The molecule has 1 aliphatic heterocycles. The lowest BCUT2D eigenvalue weighted by molar-refractivity contribution is -0.115. The summed E-state index contributed by atoms with van der Waals surface area (Å²) < 4.78 is 5.20. The number of benzene rings is 3. The molecule has 1 fully saturated rings. The van der Waals surface area contributed by atoms with Crippen LogP contribution in [0.25, 0.3) is 0 Å². The van der Waals surface area contributed by atoms with Gasteiger partial charge in [0.05, 0.1) is 23.4 Å². The highest BCUT2D eigenvalue weighted by Crippen LogP contribution is 2.42. The highest BCUT2D eigenvalue weighted by atomic mass is 35.5. The normalized spacial score (nSPS) is 15.8. The fraction of sp³-hybridized carbons (Fsp3) is 0.130. The van der Waals surface area contributed by atoms with Crippen molar-refractivity contribution in [1.29, 1.82) is 0 Å². The Labute approximate surface area is 194 Å². The van der Waals surface area contributed by atoms with Crippen LogP contribution >= 0.6 is 35.0 Å². The maximum atomic E-state index is 12.5. The topological polar surface area (TPSA) is 58.6 Å². The van der Waals surface area contributed by atoms with E-state index in [1.54, 1.807) is 35.9 Å². The molecule has 0 saturated carbocycles. The monoisotopic (exact) mass is 472 g/mol. The van der Waals surface area contributed by atoms with Gasteiger partial charge in [0.15, 0.2) is 0 Å². The second-order valence-electron chi connectivity index (χ2n) is 6.83. The SMILES string of the molecule is COc1ccc(N2C(=O)CSC2c2ccc(NC(=O)c3ccc(Cl)cc3Cl)cc2)cc1. The summed E-state index contributed by atoms with van der Waals surface area (Å²) in [6.45, 7) is 0. The van der Waals surface area contributed by atoms with Gasteiger partial charge in [0.25, 0.3) is 5.91 Å². The van der Waals surface area contributed by atoms with Gasteiger partial charge in [-0.3, -0.25) is 14.5 Å². The highest BCUT2D eigenvalue weighted by molar-refractivity contribution is 8.00. The number of nitrogens with zero attached hydrogens (tertiary/aromatic N) is 1. The van der Waals surface area contributed by atoms with Crippen LogP contribution in [-0.2, 0) is 4.79 Å². The minimum atomic E-state index is -0.320. The summed E-state index contributed by atoms with van der Waals surface area (Å²) in [6, 6.07) is 19.6. The average Bonchev–Trinajstić information content (AvgIpc) is 3.15. The number of methoxy groups -OCH3 is 1. The summed E-state index contributed by atoms with van der Waals surface area (Å²) in [5.41, 5.74) is 2.76. The molecule has 158 valence electrons. The number of thioether (sulfide) groups is 1. The lowest BCUT2D eigenvalue weighted by Gasteiger charge is -2.24. The van der Waals surface area contributed by atoms with Gasteiger partial charge in [0, 0.05) is 16.4 Å². The van der Waals surface area contributed by atoms with Crippen LogP contribution in [0.5, 0.6) is 5.75 Å². The molecule has 1 aliphatic rings. The number of rotatable bonds is 5. The molecular formula is C23H18Cl2N2O3S. The summed E-state index contributed by atoms with van der Waals surface area (Å²) in [5.74, 6) is 0.875. The van der Waals surface area contributed by atoms with Crippen LogP contribution in [0.2, 0.25) is 10.0 Å². The van der Waals surface area contributed by atoms with E-state index in [4.69, 9.17) is 27.9 Å². The van der Waals surface area contributed by atoms with Gasteiger partial charge in [0.1, 0.15) is 11.1 Å². The first-order chi connectivity index (χ1) is 15.0. The Morgan fingerprint density at radius 1 is 1.06 bits per heavy atom. The molecule has 31 heavy (non-hydrogen) atoms. The number of carbonyl (C=O) groups excluding carboxylic acids is 2. The Morgan fingerprint density at radius 2 is 1.77 bits per heavy atom. The van der Waals surface area contributed by atoms with E-state index in [0.717, 1.165) is 17.0 Å². The van der Waals surface area contributed by atoms with Crippen molar-refractivity contribution >= 4 is 58.2 Å². The minimum absolute atomic E-state index is 0.0509. The second-order valence-corrected chi connectivity index (χ2v) is 8.74. The lowest BCUT2D eigenvalue weighted by atomic mass is 10.1. The maximum absolute atomic E-state index is 12.5. The molecular weight excluding hydrogens is 455 g/mol. The molecule has 3 aromatic carbocycles. The summed E-state index contributed by atoms with van der Waals surface area (Å²) in [6.07, 6.45) is 0. The zero-order chi connectivity index (χ0) is 22.0. The van der Waals surface area contributed by atoms with E-state index >= 15 is 0 Å². The number of halogens is 2. The first kappa shape index (κ1) is 21.6. The second kappa shape index (κ2) is 9.22. The molecule has 1 saturated heterocycles. The Balaban J connectivity index is 1.51. The van der Waals surface area contributed by atoms with Gasteiger partial charge >= 0.3 is 0 Å². The predicted octanol–water partition coefficient (Wildman–Crippen LogP) is 6.03. The van der Waals surface area contributed by atoms with Crippen molar-refractivity contribution in [3.8, 4) is 5.75 Å². The van der Waals surface area contributed by atoms with Gasteiger partial charge in [-0.1, -0.05) is 35.3 Å². The van der Waals surface area contributed by atoms with Crippen molar-refractivity contribution in [2.75, 3.05) is 23.1 Å². The van der Waals surface area contributed by atoms with E-state index < -0.39 is 0 Å². The van der Waals surface area contributed by atoms with E-state index in [0.29, 0.717) is 22.0 Å². The standard InChI is InChI=1S/C23H18Cl2N2O3S/c1-30-18-9-7-17(8-10-18)27-21(28)13-31-23(27)14-2-5-16(6-3-14)26-22(29)19-11-4-15(24)12-20(19)25/h2-12,23H,13H2,1H3,(H,26,29). The number of amides is 2. The van der Waals surface area contributed by atoms with Crippen LogP contribution in [0.15, 0.2) is 66.7 Å². The molecule has 0 bridgehead atoms. The number of hydrogen-bond acceptors (Lipinski definition) is 4. The summed E-state index contributed by atoms with van der Waals surface area (Å²) in [5, 5.41) is 3.45. The first-order valence-corrected chi connectivity index (χ1v) is 11.2. The van der Waals surface area contributed by atoms with Crippen molar-refractivity contribution in [3.63, 3.8) is 0 Å². The van der Waals surface area contributed by atoms with Gasteiger partial charge in [0.2, 0.25) is 5.91 Å². The number of hydrogen-bond donors (Lipinski definition) is 1. The maximum Gasteiger partial charge on any atom is 0.257 e. The largest absolute Gasteiger partial charge is 0.497 e. The Kier molecular flexibility index (Phi) is 6.41. The van der Waals surface area contributed by atoms with Crippen molar-refractivity contribution in [3.05, 3.63) is 87.9 Å². The molecule has 1 heterocycles. The van der Waals surface area contributed by atoms with Gasteiger partial charge in [-0.15, -0.1) is 11.8 Å². The smallest absolute Gasteiger partial charge is 0.257 e. The fourth-order valence-corrected chi connectivity index (χ4v) is 4.97. The average molecular weight is 473 g/mol. The molecule has 0 spiro atoms. The molecule has 4 rings (SSSR count). The Bertz CT molecular complexity index is 1120. The quantitative estimate of drug-likeness (QED) is 0.492. The van der Waals surface area contributed by atoms with Gasteiger partial charge < -0.3 is 10.1 Å². The molecule has 0 aromatic heterocycles. The first-order valence-electron chi connectivity index (χ1n) is 9.40.